The molecule has 0 aliphatic carbocycles. The Bertz CT molecular complexity index is 1480. The fourth-order valence-electron chi connectivity index (χ4n) is 3.71. The third-order valence-corrected chi connectivity index (χ3v) is 6.65. The number of esters is 1. The quantitative estimate of drug-likeness (QED) is 0.154. The minimum atomic E-state index is -0.718. The largest absolute Gasteiger partial charge is 0.493 e. The number of benzene rings is 3. The molecule has 3 aromatic rings. The SMILES string of the molecule is COC(=O)c1ccc(Oc2ccc(/C=C3\SC(=O)N(Cc4ccccc4C)C3=O)cc2OC)c([N+](=O)[O-])c1. The Morgan fingerprint density at radius 1 is 1.03 bits per heavy atom. The molecule has 2 amide bonds. The standard InChI is InChI=1S/C27H22N2O8S/c1-16-6-4-5-7-19(16)15-28-25(30)24(38-27(28)32)13-17-8-10-22(23(12-17)35-2)37-21-11-9-18(26(31)36-3)14-20(21)29(33)34/h4-14H,15H2,1-3H3/b24-13-. The van der Waals surface area contributed by atoms with E-state index in [9.17, 15) is 24.5 Å². The first kappa shape index (κ1) is 26.4. The number of thioether (sulfide) groups is 1. The third kappa shape index (κ3) is 5.52. The van der Waals surface area contributed by atoms with Gasteiger partial charge in [0.2, 0.25) is 5.75 Å². The maximum Gasteiger partial charge on any atom is 0.338 e. The van der Waals surface area contributed by atoms with Gasteiger partial charge in [-0.15, -0.1) is 0 Å². The van der Waals surface area contributed by atoms with Crippen molar-refractivity contribution in [2.24, 2.45) is 0 Å². The zero-order valence-corrected chi connectivity index (χ0v) is 21.4. The van der Waals surface area contributed by atoms with E-state index in [1.54, 1.807) is 18.2 Å². The summed E-state index contributed by atoms with van der Waals surface area (Å²) >= 11 is 0.846. The van der Waals surface area contributed by atoms with Crippen molar-refractivity contribution in [1.29, 1.82) is 0 Å². The number of methoxy groups -OCH3 is 2. The third-order valence-electron chi connectivity index (χ3n) is 5.75. The molecule has 1 fully saturated rings. The van der Waals surface area contributed by atoms with E-state index < -0.39 is 22.5 Å². The maximum absolute atomic E-state index is 13.0. The molecule has 1 heterocycles. The molecule has 1 aliphatic rings. The van der Waals surface area contributed by atoms with E-state index in [-0.39, 0.29) is 39.5 Å². The topological polar surface area (TPSA) is 125 Å². The van der Waals surface area contributed by atoms with Crippen LogP contribution in [-0.2, 0) is 16.1 Å². The lowest BCUT2D eigenvalue weighted by Crippen LogP contribution is -2.27. The second kappa shape index (κ2) is 11.2. The van der Waals surface area contributed by atoms with Crippen LogP contribution in [0, 0.1) is 17.0 Å². The van der Waals surface area contributed by atoms with Crippen LogP contribution in [-0.4, -0.2) is 41.2 Å². The molecule has 194 valence electrons. The Hall–Kier alpha value is -4.64. The number of ether oxygens (including phenoxy) is 3. The maximum atomic E-state index is 13.0. The average Bonchev–Trinajstić information content (AvgIpc) is 3.17. The number of carbonyl (C=O) groups excluding carboxylic acids is 3. The van der Waals surface area contributed by atoms with Crippen LogP contribution in [0.1, 0.15) is 27.0 Å². The molecule has 0 spiro atoms. The predicted molar refractivity (Wildman–Crippen MR) is 140 cm³/mol. The second-order valence-corrected chi connectivity index (χ2v) is 9.13. The molecule has 0 unspecified atom stereocenters. The summed E-state index contributed by atoms with van der Waals surface area (Å²) in [6.07, 6.45) is 1.57. The molecule has 10 nitrogen and oxygen atoms in total. The van der Waals surface area contributed by atoms with Crippen LogP contribution >= 0.6 is 11.8 Å². The van der Waals surface area contributed by atoms with Gasteiger partial charge in [0.05, 0.1) is 36.2 Å². The molecule has 0 atom stereocenters. The zero-order valence-electron chi connectivity index (χ0n) is 20.6. The van der Waals surface area contributed by atoms with Crippen molar-refractivity contribution in [3.8, 4) is 17.2 Å². The summed E-state index contributed by atoms with van der Waals surface area (Å²) in [5.41, 5.74) is 2.00. The number of imide groups is 1. The first-order valence-corrected chi connectivity index (χ1v) is 12.1. The summed E-state index contributed by atoms with van der Waals surface area (Å²) in [6, 6.07) is 16.0. The Morgan fingerprint density at radius 2 is 1.76 bits per heavy atom. The average molecular weight is 535 g/mol. The van der Waals surface area contributed by atoms with Gasteiger partial charge in [-0.3, -0.25) is 24.6 Å². The lowest BCUT2D eigenvalue weighted by Gasteiger charge is -2.14. The number of nitro groups is 1. The summed E-state index contributed by atoms with van der Waals surface area (Å²) in [6.45, 7) is 2.10. The van der Waals surface area contributed by atoms with E-state index in [0.29, 0.717) is 5.56 Å². The summed E-state index contributed by atoms with van der Waals surface area (Å²) in [4.78, 5) is 49.6. The van der Waals surface area contributed by atoms with Crippen molar-refractivity contribution < 1.29 is 33.5 Å². The van der Waals surface area contributed by atoms with Crippen molar-refractivity contribution in [1.82, 2.24) is 4.90 Å². The van der Waals surface area contributed by atoms with Gasteiger partial charge in [-0.05, 0) is 65.7 Å². The fourth-order valence-corrected chi connectivity index (χ4v) is 4.55. The number of hydrogen-bond acceptors (Lipinski definition) is 9. The lowest BCUT2D eigenvalue weighted by atomic mass is 10.1. The van der Waals surface area contributed by atoms with Gasteiger partial charge in [-0.2, -0.15) is 0 Å². The molecule has 3 aromatic carbocycles. The van der Waals surface area contributed by atoms with Gasteiger partial charge in [-0.25, -0.2) is 4.79 Å². The van der Waals surface area contributed by atoms with Crippen LogP contribution in [0.2, 0.25) is 0 Å². The molecular formula is C27H22N2O8S. The number of nitrogens with zero attached hydrogens (tertiary/aromatic N) is 2. The molecule has 0 radical (unpaired) electrons. The molecule has 11 heteroatoms. The van der Waals surface area contributed by atoms with Gasteiger partial charge in [0.1, 0.15) is 0 Å². The highest BCUT2D eigenvalue weighted by Gasteiger charge is 2.35. The summed E-state index contributed by atoms with van der Waals surface area (Å²) in [5, 5.41) is 11.2. The summed E-state index contributed by atoms with van der Waals surface area (Å²) in [7, 11) is 2.58. The Balaban J connectivity index is 1.58. The highest BCUT2D eigenvalue weighted by Crippen LogP contribution is 2.39. The predicted octanol–water partition coefficient (Wildman–Crippen LogP) is 5.73. The number of nitro benzene ring substituents is 1. The minimum absolute atomic E-state index is 0.00485. The molecule has 1 aliphatic heterocycles. The molecule has 1 saturated heterocycles. The lowest BCUT2D eigenvalue weighted by molar-refractivity contribution is -0.385. The van der Waals surface area contributed by atoms with E-state index in [2.05, 4.69) is 4.74 Å². The first-order valence-electron chi connectivity index (χ1n) is 11.2. The van der Waals surface area contributed by atoms with E-state index in [1.165, 1.54) is 37.3 Å². The monoisotopic (exact) mass is 534 g/mol. The van der Waals surface area contributed by atoms with Crippen LogP contribution < -0.4 is 9.47 Å². The van der Waals surface area contributed by atoms with Gasteiger partial charge >= 0.3 is 11.7 Å². The normalized spacial score (nSPS) is 14.1. The molecule has 0 saturated carbocycles. The minimum Gasteiger partial charge on any atom is -0.493 e. The van der Waals surface area contributed by atoms with E-state index in [1.807, 2.05) is 31.2 Å². The van der Waals surface area contributed by atoms with Gasteiger partial charge in [0.25, 0.3) is 11.1 Å². The Labute approximate surface area is 221 Å². The van der Waals surface area contributed by atoms with Gasteiger partial charge in [-0.1, -0.05) is 30.3 Å². The van der Waals surface area contributed by atoms with Crippen LogP contribution in [0.5, 0.6) is 17.2 Å². The molecule has 0 bridgehead atoms. The number of rotatable bonds is 8. The summed E-state index contributed by atoms with van der Waals surface area (Å²) < 4.78 is 15.8. The Morgan fingerprint density at radius 3 is 2.45 bits per heavy atom. The van der Waals surface area contributed by atoms with Crippen molar-refractivity contribution in [3.63, 3.8) is 0 Å². The van der Waals surface area contributed by atoms with E-state index in [0.717, 1.165) is 29.0 Å². The van der Waals surface area contributed by atoms with Gasteiger partial charge < -0.3 is 14.2 Å². The highest BCUT2D eigenvalue weighted by atomic mass is 32.2. The van der Waals surface area contributed by atoms with Crippen LogP contribution in [0.25, 0.3) is 6.08 Å². The van der Waals surface area contributed by atoms with Crippen LogP contribution in [0.3, 0.4) is 0 Å². The number of carbonyl (C=O) groups is 3. The second-order valence-electron chi connectivity index (χ2n) is 8.14. The molecule has 0 N–H and O–H groups in total. The van der Waals surface area contributed by atoms with Crippen molar-refractivity contribution in [3.05, 3.63) is 97.9 Å². The molecule has 4 rings (SSSR count). The number of hydrogen-bond donors (Lipinski definition) is 0. The smallest absolute Gasteiger partial charge is 0.338 e. The Kier molecular flexibility index (Phi) is 7.77. The molecular weight excluding hydrogens is 512 g/mol. The van der Waals surface area contributed by atoms with Gasteiger partial charge in [0.15, 0.2) is 11.5 Å². The first-order chi connectivity index (χ1) is 18.2. The molecule has 38 heavy (non-hydrogen) atoms. The van der Waals surface area contributed by atoms with E-state index >= 15 is 0 Å². The fraction of sp³-hybridized carbons (Fsp3) is 0.148. The van der Waals surface area contributed by atoms with Crippen molar-refractivity contribution in [2.75, 3.05) is 14.2 Å². The van der Waals surface area contributed by atoms with Crippen molar-refractivity contribution in [2.45, 2.75) is 13.5 Å². The summed E-state index contributed by atoms with van der Waals surface area (Å²) in [5.74, 6) is -0.810. The van der Waals surface area contributed by atoms with Gasteiger partial charge in [0, 0.05) is 6.07 Å². The van der Waals surface area contributed by atoms with Crippen LogP contribution in [0.15, 0.2) is 65.6 Å². The molecule has 0 aromatic heterocycles. The van der Waals surface area contributed by atoms with E-state index in [4.69, 9.17) is 9.47 Å². The highest BCUT2D eigenvalue weighted by molar-refractivity contribution is 8.18. The van der Waals surface area contributed by atoms with Crippen LogP contribution in [0.4, 0.5) is 10.5 Å². The number of aryl methyl sites for hydroxylation is 1. The van der Waals surface area contributed by atoms with Crippen molar-refractivity contribution >= 4 is 40.6 Å². The zero-order chi connectivity index (χ0) is 27.4. The number of amides is 2.